The van der Waals surface area contributed by atoms with E-state index in [0.717, 1.165) is 12.3 Å². The lowest BCUT2D eigenvalue weighted by Crippen LogP contribution is -2.22. The monoisotopic (exact) mass is 385 g/mol. The van der Waals surface area contributed by atoms with Gasteiger partial charge in [0.05, 0.1) is 12.0 Å². The molecule has 0 aliphatic rings. The van der Waals surface area contributed by atoms with Crippen molar-refractivity contribution in [3.05, 3.63) is 81.1 Å². The number of aliphatic carboxylic acids is 1. The minimum absolute atomic E-state index is 0.103. The zero-order valence-electron chi connectivity index (χ0n) is 14.3. The maximum absolute atomic E-state index is 14.5. The summed E-state index contributed by atoms with van der Waals surface area (Å²) in [4.78, 5) is 48.9. The summed E-state index contributed by atoms with van der Waals surface area (Å²) < 4.78 is 27.5. The molecule has 6 nitrogen and oxygen atoms in total. The molecule has 0 unspecified atom stereocenters. The summed E-state index contributed by atoms with van der Waals surface area (Å²) in [6.07, 6.45) is 0.272. The van der Waals surface area contributed by atoms with Crippen LogP contribution in [0.4, 0.5) is 8.78 Å². The SMILES string of the molecule is O=C(O)C(=O)CC(=O)c1c[nH]c2cc(Cc3ccc(F)cc3)c(F)cc2c1=O. The van der Waals surface area contributed by atoms with E-state index < -0.39 is 46.6 Å². The Labute approximate surface area is 156 Å². The van der Waals surface area contributed by atoms with Crippen LogP contribution in [-0.4, -0.2) is 27.6 Å². The fourth-order valence-corrected chi connectivity index (χ4v) is 2.77. The molecule has 1 aromatic heterocycles. The van der Waals surface area contributed by atoms with Crippen LogP contribution in [0.3, 0.4) is 0 Å². The third-order valence-corrected chi connectivity index (χ3v) is 4.22. The highest BCUT2D eigenvalue weighted by molar-refractivity contribution is 6.37. The summed E-state index contributed by atoms with van der Waals surface area (Å²) in [5.74, 6) is -5.18. The van der Waals surface area contributed by atoms with Crippen LogP contribution >= 0.6 is 0 Å². The van der Waals surface area contributed by atoms with Gasteiger partial charge < -0.3 is 10.1 Å². The number of rotatable bonds is 6. The van der Waals surface area contributed by atoms with Gasteiger partial charge in [-0.1, -0.05) is 12.1 Å². The summed E-state index contributed by atoms with van der Waals surface area (Å²) in [5.41, 5.74) is -0.0301. The van der Waals surface area contributed by atoms with Gasteiger partial charge in [0.2, 0.25) is 5.78 Å². The third-order valence-electron chi connectivity index (χ3n) is 4.22. The number of nitrogens with one attached hydrogen (secondary N) is 1. The lowest BCUT2D eigenvalue weighted by molar-refractivity contribution is -0.148. The predicted octanol–water partition coefficient (Wildman–Crippen LogP) is 2.62. The molecule has 0 fully saturated rings. The van der Waals surface area contributed by atoms with E-state index in [9.17, 15) is 28.0 Å². The van der Waals surface area contributed by atoms with Gasteiger partial charge in [0.15, 0.2) is 11.2 Å². The molecule has 3 rings (SSSR count). The Balaban J connectivity index is 1.97. The number of carboxylic acid groups (broad SMARTS) is 1. The molecule has 2 N–H and O–H groups in total. The van der Waals surface area contributed by atoms with Gasteiger partial charge in [-0.15, -0.1) is 0 Å². The van der Waals surface area contributed by atoms with Crippen molar-refractivity contribution in [3.8, 4) is 0 Å². The number of Topliss-reactive ketones (excluding diaryl/α,β-unsaturated/α-hetero) is 2. The third kappa shape index (κ3) is 3.85. The molecule has 3 aromatic rings. The number of halogens is 2. The lowest BCUT2D eigenvalue weighted by Gasteiger charge is -2.07. The maximum Gasteiger partial charge on any atom is 0.372 e. The number of pyridine rings is 1. The zero-order valence-corrected chi connectivity index (χ0v) is 14.3. The van der Waals surface area contributed by atoms with Gasteiger partial charge in [-0.2, -0.15) is 0 Å². The number of ketones is 2. The Kier molecular flexibility index (Phi) is 5.12. The first-order valence-corrected chi connectivity index (χ1v) is 8.14. The normalized spacial score (nSPS) is 10.8. The molecule has 0 saturated carbocycles. The van der Waals surface area contributed by atoms with Gasteiger partial charge in [0, 0.05) is 23.5 Å². The molecule has 0 spiro atoms. The number of H-pyrrole nitrogens is 1. The Hall–Kier alpha value is -3.68. The van der Waals surface area contributed by atoms with Crippen LogP contribution < -0.4 is 5.43 Å². The second kappa shape index (κ2) is 7.51. The number of hydrogen-bond acceptors (Lipinski definition) is 4. The maximum atomic E-state index is 14.5. The number of carbonyl (C=O) groups excluding carboxylic acids is 2. The number of carboxylic acids is 1. The second-order valence-corrected chi connectivity index (χ2v) is 6.15. The van der Waals surface area contributed by atoms with E-state index in [4.69, 9.17) is 5.11 Å². The van der Waals surface area contributed by atoms with Crippen LogP contribution in [0.1, 0.15) is 27.9 Å². The predicted molar refractivity (Wildman–Crippen MR) is 95.3 cm³/mol. The Morgan fingerprint density at radius 1 is 1.04 bits per heavy atom. The van der Waals surface area contributed by atoms with Crippen LogP contribution in [0.5, 0.6) is 0 Å². The van der Waals surface area contributed by atoms with E-state index in [1.165, 1.54) is 30.3 Å². The van der Waals surface area contributed by atoms with Gasteiger partial charge in [0.25, 0.3) is 0 Å². The average Bonchev–Trinajstić information content (AvgIpc) is 2.65. The summed E-state index contributed by atoms with van der Waals surface area (Å²) in [6, 6.07) is 7.93. The van der Waals surface area contributed by atoms with Crippen molar-refractivity contribution in [2.24, 2.45) is 0 Å². The van der Waals surface area contributed by atoms with Crippen LogP contribution in [-0.2, 0) is 16.0 Å². The van der Waals surface area contributed by atoms with E-state index in [1.807, 2.05) is 0 Å². The fourth-order valence-electron chi connectivity index (χ4n) is 2.77. The van der Waals surface area contributed by atoms with Crippen molar-refractivity contribution in [1.29, 1.82) is 0 Å². The highest BCUT2D eigenvalue weighted by Gasteiger charge is 2.21. The molecule has 8 heteroatoms. The Morgan fingerprint density at radius 2 is 1.71 bits per heavy atom. The molecule has 1 heterocycles. The molecular formula is C20H13F2NO5. The molecule has 0 aliphatic heterocycles. The van der Waals surface area contributed by atoms with Crippen molar-refractivity contribution in [2.75, 3.05) is 0 Å². The van der Waals surface area contributed by atoms with Gasteiger partial charge in [0.1, 0.15) is 11.6 Å². The molecule has 142 valence electrons. The molecular weight excluding hydrogens is 372 g/mol. The first-order valence-electron chi connectivity index (χ1n) is 8.14. The van der Waals surface area contributed by atoms with E-state index in [2.05, 4.69) is 4.98 Å². The molecule has 2 aromatic carbocycles. The van der Waals surface area contributed by atoms with Crippen molar-refractivity contribution in [3.63, 3.8) is 0 Å². The largest absolute Gasteiger partial charge is 0.475 e. The number of benzene rings is 2. The quantitative estimate of drug-likeness (QED) is 0.386. The molecule has 0 amide bonds. The first-order chi connectivity index (χ1) is 13.3. The number of aromatic nitrogens is 1. The number of carbonyl (C=O) groups is 3. The molecule has 28 heavy (non-hydrogen) atoms. The first kappa shape index (κ1) is 19.1. The van der Waals surface area contributed by atoms with Crippen molar-refractivity contribution >= 4 is 28.4 Å². The highest BCUT2D eigenvalue weighted by atomic mass is 19.1. The van der Waals surface area contributed by atoms with Crippen LogP contribution in [0.2, 0.25) is 0 Å². The van der Waals surface area contributed by atoms with Crippen LogP contribution in [0, 0.1) is 11.6 Å². The van der Waals surface area contributed by atoms with Crippen molar-refractivity contribution in [2.45, 2.75) is 12.8 Å². The van der Waals surface area contributed by atoms with Gasteiger partial charge in [-0.05, 0) is 35.4 Å². The molecule has 0 radical (unpaired) electrons. The van der Waals surface area contributed by atoms with E-state index >= 15 is 0 Å². The van der Waals surface area contributed by atoms with E-state index in [0.29, 0.717) is 5.56 Å². The van der Waals surface area contributed by atoms with Crippen LogP contribution in [0.15, 0.2) is 47.4 Å². The molecule has 0 atom stereocenters. The molecule has 0 saturated heterocycles. The smallest absolute Gasteiger partial charge is 0.372 e. The minimum atomic E-state index is -1.78. The molecule has 0 bridgehead atoms. The van der Waals surface area contributed by atoms with Crippen molar-refractivity contribution < 1.29 is 28.3 Å². The average molecular weight is 385 g/mol. The lowest BCUT2D eigenvalue weighted by atomic mass is 10.0. The Bertz CT molecular complexity index is 1170. The summed E-state index contributed by atoms with van der Waals surface area (Å²) >= 11 is 0. The summed E-state index contributed by atoms with van der Waals surface area (Å²) in [5, 5.41) is 8.46. The minimum Gasteiger partial charge on any atom is -0.475 e. The van der Waals surface area contributed by atoms with Crippen LogP contribution in [0.25, 0.3) is 10.9 Å². The highest BCUT2D eigenvalue weighted by Crippen LogP contribution is 2.19. The summed E-state index contributed by atoms with van der Waals surface area (Å²) in [7, 11) is 0. The molecule has 0 aliphatic carbocycles. The van der Waals surface area contributed by atoms with E-state index in [-0.39, 0.29) is 22.9 Å². The van der Waals surface area contributed by atoms with Gasteiger partial charge in [-0.3, -0.25) is 14.4 Å². The number of fused-ring (bicyclic) bond motifs is 1. The van der Waals surface area contributed by atoms with Crippen molar-refractivity contribution in [1.82, 2.24) is 4.98 Å². The zero-order chi connectivity index (χ0) is 20.4. The fraction of sp³-hybridized carbons (Fsp3) is 0.100. The van der Waals surface area contributed by atoms with E-state index in [1.54, 1.807) is 0 Å². The van der Waals surface area contributed by atoms with Gasteiger partial charge in [-0.25, -0.2) is 13.6 Å². The van der Waals surface area contributed by atoms with Gasteiger partial charge >= 0.3 is 5.97 Å². The number of hydrogen-bond donors (Lipinski definition) is 2. The number of aromatic amines is 1. The topological polar surface area (TPSA) is 104 Å². The second-order valence-electron chi connectivity index (χ2n) is 6.15. The summed E-state index contributed by atoms with van der Waals surface area (Å²) in [6.45, 7) is 0. The Morgan fingerprint density at radius 3 is 2.36 bits per heavy atom. The standard InChI is InChI=1S/C20H13F2NO5/c21-12-3-1-10(2-4-12)5-11-6-16-13(7-15(11)22)19(26)14(9-23-16)17(24)8-18(25)20(27)28/h1-4,6-7,9H,5,8H2,(H,23,26)(H,27,28).